The summed E-state index contributed by atoms with van der Waals surface area (Å²) in [4.78, 5) is 13.0. The first-order chi connectivity index (χ1) is 18.3. The van der Waals surface area contributed by atoms with Crippen LogP contribution in [0.1, 0.15) is 55.5 Å². The van der Waals surface area contributed by atoms with Gasteiger partial charge in [-0.05, 0) is 35.9 Å². The van der Waals surface area contributed by atoms with E-state index in [-0.39, 0.29) is 5.04 Å². The lowest BCUT2D eigenvalue weighted by atomic mass is 10.1. The van der Waals surface area contributed by atoms with Crippen LogP contribution in [0.2, 0.25) is 0 Å². The topological polar surface area (TPSA) is 95.9 Å². The van der Waals surface area contributed by atoms with Crippen molar-refractivity contribution in [1.82, 2.24) is 0 Å². The molecule has 0 unspecified atom stereocenters. The van der Waals surface area contributed by atoms with Crippen molar-refractivity contribution in [1.29, 1.82) is 0 Å². The lowest BCUT2D eigenvalue weighted by molar-refractivity contribution is 0.106. The number of unbranched alkanes of at least 4 members (excludes halogenated alkanes) is 2. The van der Waals surface area contributed by atoms with Gasteiger partial charge in [0.2, 0.25) is 5.78 Å². The fourth-order valence-electron chi connectivity index (χ4n) is 3.25. The molecular formula is C29H35NO5S3. The molecule has 3 rings (SSSR count). The maximum Gasteiger partial charge on any atom is 0.284 e. The van der Waals surface area contributed by atoms with E-state index in [1.165, 1.54) is 48.5 Å². The quantitative estimate of drug-likeness (QED) is 0.0324. The zero-order valence-electron chi connectivity index (χ0n) is 21.8. The molecule has 0 aliphatic heterocycles. The maximum atomic E-state index is 12.3. The number of nitrogens with zero attached hydrogens (tertiary/aromatic N) is 1. The first-order valence-electron chi connectivity index (χ1n) is 12.6. The highest BCUT2D eigenvalue weighted by Crippen LogP contribution is 2.22. The van der Waals surface area contributed by atoms with Gasteiger partial charge in [-0.2, -0.15) is 8.42 Å². The van der Waals surface area contributed by atoms with Crippen molar-refractivity contribution in [2.75, 3.05) is 11.5 Å². The van der Waals surface area contributed by atoms with Crippen molar-refractivity contribution in [3.8, 4) is 0 Å². The zero-order valence-corrected chi connectivity index (χ0v) is 24.3. The smallest absolute Gasteiger partial charge is 0.284 e. The van der Waals surface area contributed by atoms with E-state index in [1.54, 1.807) is 60.7 Å². The van der Waals surface area contributed by atoms with Crippen molar-refractivity contribution < 1.29 is 22.0 Å². The number of ketones is 1. The molecule has 0 N–H and O–H groups in total. The number of oxime groups is 1. The molecule has 0 spiro atoms. The van der Waals surface area contributed by atoms with E-state index >= 15 is 0 Å². The Morgan fingerprint density at radius 1 is 0.842 bits per heavy atom. The van der Waals surface area contributed by atoms with Gasteiger partial charge in [-0.15, -0.1) is 0 Å². The summed E-state index contributed by atoms with van der Waals surface area (Å²) in [5.74, 6) is 3.63. The molecule has 3 aromatic carbocycles. The molecule has 3 aromatic rings. The van der Waals surface area contributed by atoms with Crippen molar-refractivity contribution in [3.63, 3.8) is 0 Å². The van der Waals surface area contributed by atoms with Crippen molar-refractivity contribution in [3.05, 3.63) is 102 Å². The maximum absolute atomic E-state index is 12.3. The minimum atomic E-state index is -5.03. The van der Waals surface area contributed by atoms with E-state index in [0.717, 1.165) is 11.8 Å². The summed E-state index contributed by atoms with van der Waals surface area (Å²) in [6.07, 6.45) is 5.48. The van der Waals surface area contributed by atoms with E-state index in [0.29, 0.717) is 21.4 Å². The monoisotopic (exact) mass is 573 g/mol. The van der Waals surface area contributed by atoms with E-state index in [9.17, 15) is 17.8 Å². The summed E-state index contributed by atoms with van der Waals surface area (Å²) < 4.78 is 35.5. The normalized spacial score (nSPS) is 11.5. The second-order valence-corrected chi connectivity index (χ2v) is 12.7. The summed E-state index contributed by atoms with van der Waals surface area (Å²) in [7, 11) is -4.41. The average molecular weight is 574 g/mol. The highest BCUT2D eigenvalue weighted by molar-refractivity contribution is 8.15. The van der Waals surface area contributed by atoms with E-state index in [4.69, 9.17) is 0 Å². The fraction of sp³-hybridized carbons (Fsp3) is 0.310. The van der Waals surface area contributed by atoms with Crippen LogP contribution in [-0.4, -0.2) is 35.3 Å². The third kappa shape index (κ3) is 13.3. The number of hydrogen-bond donors (Lipinski definition) is 0. The molecule has 0 amide bonds. The molecule has 0 fully saturated rings. The Bertz CT molecular complexity index is 1200. The Balaban J connectivity index is 0.000000281. The fourth-order valence-corrected chi connectivity index (χ4v) is 6.82. The van der Waals surface area contributed by atoms with Gasteiger partial charge < -0.3 is 4.55 Å². The van der Waals surface area contributed by atoms with Gasteiger partial charge in [-0.25, -0.2) is 0 Å². The Morgan fingerprint density at radius 3 is 1.84 bits per heavy atom. The zero-order chi connectivity index (χ0) is 27.6. The number of carbonyl (C=O) groups excluding carboxylic acids is 1. The number of benzene rings is 3. The molecule has 0 bridgehead atoms. The minimum absolute atomic E-state index is 0.253. The van der Waals surface area contributed by atoms with Gasteiger partial charge in [0, 0.05) is 16.0 Å². The summed E-state index contributed by atoms with van der Waals surface area (Å²) in [6, 6.07) is 27.8. The Morgan fingerprint density at radius 2 is 1.34 bits per heavy atom. The van der Waals surface area contributed by atoms with Gasteiger partial charge in [0.05, 0.1) is 0 Å². The molecule has 0 aliphatic rings. The van der Waals surface area contributed by atoms with Gasteiger partial charge in [0.1, 0.15) is 17.3 Å². The third-order valence-corrected chi connectivity index (χ3v) is 8.88. The molecule has 0 aliphatic carbocycles. The summed E-state index contributed by atoms with van der Waals surface area (Å²) in [5, 5.41) is 2.94. The summed E-state index contributed by atoms with van der Waals surface area (Å²) in [5.41, 5.74) is 1.83. The highest BCUT2D eigenvalue weighted by atomic mass is 32.3. The van der Waals surface area contributed by atoms with Crippen LogP contribution in [0, 0.1) is 0 Å². The van der Waals surface area contributed by atoms with E-state index < -0.39 is 16.2 Å². The Kier molecular flexibility index (Phi) is 14.8. The third-order valence-electron chi connectivity index (χ3n) is 5.19. The minimum Gasteiger partial charge on any atom is -0.714 e. The number of rotatable bonds is 13. The van der Waals surface area contributed by atoms with Crippen LogP contribution in [0.15, 0.2) is 101 Å². The lowest BCUT2D eigenvalue weighted by Crippen LogP contribution is -2.14. The van der Waals surface area contributed by atoms with Crippen molar-refractivity contribution in [2.24, 2.45) is 5.16 Å². The van der Waals surface area contributed by atoms with Crippen LogP contribution in [0.4, 0.5) is 0 Å². The first-order valence-corrected chi connectivity index (χ1v) is 16.4. The van der Waals surface area contributed by atoms with Gasteiger partial charge in [0.15, 0.2) is 5.04 Å². The van der Waals surface area contributed by atoms with Crippen LogP contribution in [-0.2, 0) is 31.3 Å². The average Bonchev–Trinajstić information content (AvgIpc) is 2.93. The van der Waals surface area contributed by atoms with Crippen LogP contribution in [0.25, 0.3) is 0 Å². The molecule has 0 saturated heterocycles. The van der Waals surface area contributed by atoms with Crippen molar-refractivity contribution >= 4 is 43.9 Å². The van der Waals surface area contributed by atoms with Crippen LogP contribution in [0.5, 0.6) is 0 Å². The molecule has 0 aromatic heterocycles. The second kappa shape index (κ2) is 17.8. The second-order valence-electron chi connectivity index (χ2n) is 8.35. The summed E-state index contributed by atoms with van der Waals surface area (Å²) in [6.45, 7) is 4.59. The molecule has 38 heavy (non-hydrogen) atoms. The number of hydrogen-bond acceptors (Lipinski definition) is 7. The molecule has 6 nitrogen and oxygen atoms in total. The van der Waals surface area contributed by atoms with E-state index in [1.807, 2.05) is 0 Å². The largest absolute Gasteiger partial charge is 0.714 e. The van der Waals surface area contributed by atoms with Gasteiger partial charge in [0.25, 0.3) is 10.4 Å². The predicted octanol–water partition coefficient (Wildman–Crippen LogP) is 6.86. The first kappa shape index (κ1) is 31.6. The Labute approximate surface area is 234 Å². The van der Waals surface area contributed by atoms with Gasteiger partial charge in [-0.3, -0.25) is 9.08 Å². The van der Waals surface area contributed by atoms with Crippen LogP contribution < -0.4 is 0 Å². The van der Waals surface area contributed by atoms with Crippen LogP contribution >= 0.6 is 11.8 Å². The molecule has 204 valence electrons. The molecular weight excluding hydrogens is 539 g/mol. The number of carbonyl (C=O) groups is 1. The number of Topliss-reactive ketones (excluding diaryl/α,β-unsaturated/α-hetero) is 1. The predicted molar refractivity (Wildman–Crippen MR) is 158 cm³/mol. The molecule has 0 radical (unpaired) electrons. The standard InChI is InChI=1S/C15H25S.C14H11NO5S2/c1-3-5-12-16(13-6-4-2)14-15-10-8-7-9-11-15;16-13(11-7-3-1-4-8-11)14(15-20-22(17,18)19)21-12-9-5-2-6-10-12/h7-11H,3-6,12-14H2,1-2H3;1-10H,(H,17,18,19)/q+1;/p-1/b;15-14-. The number of thioether (sulfide) groups is 1. The SMILES string of the molecule is CCCC[S+](CCCC)Cc1ccccc1.O=C(/C(=N/OS(=O)(=O)[O-])Sc1ccccc1)c1ccccc1. The van der Waals surface area contributed by atoms with E-state index in [2.05, 4.69) is 53.6 Å². The summed E-state index contributed by atoms with van der Waals surface area (Å²) >= 11 is 0.904. The molecule has 0 atom stereocenters. The molecule has 0 saturated carbocycles. The van der Waals surface area contributed by atoms with Crippen molar-refractivity contribution in [2.45, 2.75) is 50.2 Å². The molecule has 9 heteroatoms. The van der Waals surface area contributed by atoms with Gasteiger partial charge in [-0.1, -0.05) is 122 Å². The van der Waals surface area contributed by atoms with Gasteiger partial charge >= 0.3 is 0 Å². The highest BCUT2D eigenvalue weighted by Gasteiger charge is 2.18. The Hall–Kier alpha value is -2.59. The molecule has 0 heterocycles. The van der Waals surface area contributed by atoms with Crippen LogP contribution in [0.3, 0.4) is 0 Å². The lowest BCUT2D eigenvalue weighted by Gasteiger charge is -2.08.